The highest BCUT2D eigenvalue weighted by molar-refractivity contribution is 5.81. The van der Waals surface area contributed by atoms with Crippen molar-refractivity contribution < 1.29 is 9.90 Å². The fourth-order valence-electron chi connectivity index (χ4n) is 2.78. The van der Waals surface area contributed by atoms with Crippen LogP contribution < -0.4 is 5.32 Å². The van der Waals surface area contributed by atoms with Gasteiger partial charge in [-0.05, 0) is 38.3 Å². The van der Waals surface area contributed by atoms with Gasteiger partial charge < -0.3 is 15.3 Å². The molecule has 1 amide bonds. The summed E-state index contributed by atoms with van der Waals surface area (Å²) < 4.78 is 0. The van der Waals surface area contributed by atoms with Crippen LogP contribution in [-0.4, -0.2) is 41.7 Å². The van der Waals surface area contributed by atoms with Crippen molar-refractivity contribution in [2.75, 3.05) is 25.0 Å². The Balaban J connectivity index is 1.90. The molecule has 1 saturated heterocycles. The first-order chi connectivity index (χ1) is 9.49. The average molecular weight is 276 g/mol. The van der Waals surface area contributed by atoms with Crippen LogP contribution in [0.5, 0.6) is 0 Å². The number of aliphatic hydroxyl groups excluding tert-OH is 1. The lowest BCUT2D eigenvalue weighted by Crippen LogP contribution is -2.34. The molecule has 2 N–H and O–H groups in total. The molecule has 1 heterocycles. The van der Waals surface area contributed by atoms with E-state index < -0.39 is 0 Å². The van der Waals surface area contributed by atoms with Gasteiger partial charge >= 0.3 is 0 Å². The van der Waals surface area contributed by atoms with Crippen LogP contribution in [0, 0.1) is 19.8 Å². The van der Waals surface area contributed by atoms with Crippen LogP contribution in [0.15, 0.2) is 18.2 Å². The zero-order valence-electron chi connectivity index (χ0n) is 12.5. The fraction of sp³-hybridized carbons (Fsp3) is 0.562. The second-order valence-electron chi connectivity index (χ2n) is 5.75. The van der Waals surface area contributed by atoms with E-state index in [0.29, 0.717) is 13.1 Å². The summed E-state index contributed by atoms with van der Waals surface area (Å²) in [5.74, 6) is 0.329. The SMILES string of the molecule is Cc1cccc(C)c1NCC(=O)N1CCC(C(C)O)C1. The van der Waals surface area contributed by atoms with Gasteiger partial charge in [0.2, 0.25) is 5.91 Å². The number of hydrogen-bond acceptors (Lipinski definition) is 3. The molecular weight excluding hydrogens is 252 g/mol. The molecular formula is C16H24N2O2. The van der Waals surface area contributed by atoms with Crippen molar-refractivity contribution in [2.24, 2.45) is 5.92 Å². The molecule has 0 aliphatic carbocycles. The Morgan fingerprint density at radius 3 is 2.65 bits per heavy atom. The van der Waals surface area contributed by atoms with E-state index in [2.05, 4.69) is 5.32 Å². The van der Waals surface area contributed by atoms with Gasteiger partial charge in [0.05, 0.1) is 12.6 Å². The molecule has 1 aliphatic rings. The Kier molecular flexibility index (Phi) is 4.65. The maximum Gasteiger partial charge on any atom is 0.241 e. The van der Waals surface area contributed by atoms with Gasteiger partial charge in [0, 0.05) is 24.7 Å². The van der Waals surface area contributed by atoms with Crippen molar-refractivity contribution in [3.05, 3.63) is 29.3 Å². The molecule has 0 spiro atoms. The number of carbonyl (C=O) groups is 1. The molecule has 2 atom stereocenters. The van der Waals surface area contributed by atoms with E-state index in [-0.39, 0.29) is 17.9 Å². The zero-order valence-corrected chi connectivity index (χ0v) is 12.5. The number of anilines is 1. The average Bonchev–Trinajstić information content (AvgIpc) is 2.87. The summed E-state index contributed by atoms with van der Waals surface area (Å²) in [6.45, 7) is 7.62. The largest absolute Gasteiger partial charge is 0.393 e. The number of rotatable bonds is 4. The minimum absolute atomic E-state index is 0.107. The van der Waals surface area contributed by atoms with Crippen LogP contribution in [0.1, 0.15) is 24.5 Å². The predicted molar refractivity (Wildman–Crippen MR) is 80.8 cm³/mol. The second kappa shape index (κ2) is 6.27. The third-order valence-corrected chi connectivity index (χ3v) is 4.16. The van der Waals surface area contributed by atoms with Crippen molar-refractivity contribution in [2.45, 2.75) is 33.3 Å². The van der Waals surface area contributed by atoms with Crippen LogP contribution in [0.3, 0.4) is 0 Å². The number of likely N-dealkylation sites (tertiary alicyclic amines) is 1. The molecule has 20 heavy (non-hydrogen) atoms. The number of nitrogens with one attached hydrogen (secondary N) is 1. The van der Waals surface area contributed by atoms with Gasteiger partial charge in [-0.15, -0.1) is 0 Å². The maximum atomic E-state index is 12.2. The van der Waals surface area contributed by atoms with E-state index in [4.69, 9.17) is 0 Å². The first-order valence-corrected chi connectivity index (χ1v) is 7.25. The summed E-state index contributed by atoms with van der Waals surface area (Å²) >= 11 is 0. The molecule has 1 aromatic carbocycles. The van der Waals surface area contributed by atoms with Gasteiger partial charge in [0.25, 0.3) is 0 Å². The summed E-state index contributed by atoms with van der Waals surface area (Å²) in [7, 11) is 0. The molecule has 2 unspecified atom stereocenters. The highest BCUT2D eigenvalue weighted by atomic mass is 16.3. The first kappa shape index (κ1) is 14.9. The number of aryl methyl sites for hydroxylation is 2. The quantitative estimate of drug-likeness (QED) is 0.883. The standard InChI is InChI=1S/C16H24N2O2/c1-11-5-4-6-12(2)16(11)17-9-15(20)18-8-7-14(10-18)13(3)19/h4-6,13-14,17,19H,7-10H2,1-3H3. The Morgan fingerprint density at radius 1 is 1.45 bits per heavy atom. The normalized spacial score (nSPS) is 20.0. The topological polar surface area (TPSA) is 52.6 Å². The van der Waals surface area contributed by atoms with Crippen molar-refractivity contribution in [1.82, 2.24) is 4.90 Å². The lowest BCUT2D eigenvalue weighted by molar-refractivity contribution is -0.128. The van der Waals surface area contributed by atoms with E-state index in [1.165, 1.54) is 0 Å². The third-order valence-electron chi connectivity index (χ3n) is 4.16. The van der Waals surface area contributed by atoms with E-state index in [0.717, 1.165) is 29.8 Å². The van der Waals surface area contributed by atoms with Gasteiger partial charge in [0.15, 0.2) is 0 Å². The Labute approximate surface area is 120 Å². The van der Waals surface area contributed by atoms with E-state index in [1.807, 2.05) is 36.9 Å². The molecule has 110 valence electrons. The van der Waals surface area contributed by atoms with Crippen LogP contribution in [0.4, 0.5) is 5.69 Å². The Morgan fingerprint density at radius 2 is 2.10 bits per heavy atom. The fourth-order valence-corrected chi connectivity index (χ4v) is 2.78. The summed E-state index contributed by atoms with van der Waals surface area (Å²) in [4.78, 5) is 14.0. The Bertz CT molecular complexity index is 465. The summed E-state index contributed by atoms with van der Waals surface area (Å²) in [5.41, 5.74) is 3.36. The van der Waals surface area contributed by atoms with Crippen LogP contribution in [0.25, 0.3) is 0 Å². The highest BCUT2D eigenvalue weighted by Gasteiger charge is 2.28. The summed E-state index contributed by atoms with van der Waals surface area (Å²) in [5, 5.41) is 12.8. The number of nitrogens with zero attached hydrogens (tertiary/aromatic N) is 1. The minimum Gasteiger partial charge on any atom is -0.393 e. The molecule has 1 fully saturated rings. The van der Waals surface area contributed by atoms with Crippen LogP contribution in [0.2, 0.25) is 0 Å². The lowest BCUT2D eigenvalue weighted by Gasteiger charge is -2.19. The molecule has 1 aliphatic heterocycles. The summed E-state index contributed by atoms with van der Waals surface area (Å²) in [6.07, 6.45) is 0.562. The molecule has 4 heteroatoms. The van der Waals surface area contributed by atoms with Gasteiger partial charge in [-0.3, -0.25) is 4.79 Å². The number of hydrogen-bond donors (Lipinski definition) is 2. The monoisotopic (exact) mass is 276 g/mol. The van der Waals surface area contributed by atoms with Crippen LogP contribution in [-0.2, 0) is 4.79 Å². The molecule has 0 saturated carbocycles. The molecule has 0 radical (unpaired) electrons. The molecule has 1 aromatic rings. The predicted octanol–water partition coefficient (Wildman–Crippen LogP) is 1.94. The van der Waals surface area contributed by atoms with Crippen molar-refractivity contribution in [3.8, 4) is 0 Å². The first-order valence-electron chi connectivity index (χ1n) is 7.25. The maximum absolute atomic E-state index is 12.2. The number of aliphatic hydroxyl groups is 1. The van der Waals surface area contributed by atoms with Gasteiger partial charge in [-0.2, -0.15) is 0 Å². The number of para-hydroxylation sites is 1. The number of carbonyl (C=O) groups excluding carboxylic acids is 1. The molecule has 0 bridgehead atoms. The zero-order chi connectivity index (χ0) is 14.7. The molecule has 2 rings (SSSR count). The van der Waals surface area contributed by atoms with Gasteiger partial charge in [-0.1, -0.05) is 18.2 Å². The van der Waals surface area contributed by atoms with Gasteiger partial charge in [0.1, 0.15) is 0 Å². The lowest BCUT2D eigenvalue weighted by atomic mass is 10.0. The van der Waals surface area contributed by atoms with Crippen molar-refractivity contribution in [1.29, 1.82) is 0 Å². The molecule has 0 aromatic heterocycles. The Hall–Kier alpha value is -1.55. The van der Waals surface area contributed by atoms with Crippen molar-refractivity contribution >= 4 is 11.6 Å². The van der Waals surface area contributed by atoms with Crippen molar-refractivity contribution in [3.63, 3.8) is 0 Å². The van der Waals surface area contributed by atoms with Gasteiger partial charge in [-0.25, -0.2) is 0 Å². The summed E-state index contributed by atoms with van der Waals surface area (Å²) in [6, 6.07) is 6.10. The number of benzene rings is 1. The third kappa shape index (κ3) is 3.31. The van der Waals surface area contributed by atoms with Crippen LogP contribution >= 0.6 is 0 Å². The van der Waals surface area contributed by atoms with E-state index >= 15 is 0 Å². The van der Waals surface area contributed by atoms with E-state index in [1.54, 1.807) is 6.92 Å². The molecule has 4 nitrogen and oxygen atoms in total. The second-order valence-corrected chi connectivity index (χ2v) is 5.75. The highest BCUT2D eigenvalue weighted by Crippen LogP contribution is 2.21. The smallest absolute Gasteiger partial charge is 0.241 e. The minimum atomic E-state index is -0.334. The van der Waals surface area contributed by atoms with E-state index in [9.17, 15) is 9.90 Å². The number of amides is 1.